The topological polar surface area (TPSA) is 77.5 Å². The normalized spacial score (nSPS) is 11.6. The smallest absolute Gasteiger partial charge is 0.279 e. The Bertz CT molecular complexity index is 1050. The van der Waals surface area contributed by atoms with Gasteiger partial charge in [-0.3, -0.25) is 14.9 Å². The van der Waals surface area contributed by atoms with Gasteiger partial charge in [0.25, 0.3) is 11.6 Å². The molecule has 3 aromatic rings. The zero-order chi connectivity index (χ0) is 18.0. The average molecular weight is 374 g/mol. The first-order valence-corrected chi connectivity index (χ1v) is 8.42. The summed E-state index contributed by atoms with van der Waals surface area (Å²) in [7, 11) is 0. The van der Waals surface area contributed by atoms with E-state index in [1.165, 1.54) is 35.6 Å². The Morgan fingerprint density at radius 3 is 2.68 bits per heavy atom. The van der Waals surface area contributed by atoms with Crippen LogP contribution in [0, 0.1) is 10.1 Å². The SMILES string of the molecule is C=CCn1c(=NC(=O)c2ccc([N+](=O)[O-])cc2)sc2cc(Cl)ccc21. The lowest BCUT2D eigenvalue weighted by Gasteiger charge is -2.01. The number of carbonyl (C=O) groups is 1. The number of amides is 1. The molecule has 0 N–H and O–H groups in total. The second-order valence-corrected chi connectivity index (χ2v) is 6.56. The zero-order valence-corrected chi connectivity index (χ0v) is 14.5. The summed E-state index contributed by atoms with van der Waals surface area (Å²) in [6.45, 7) is 4.23. The van der Waals surface area contributed by atoms with Gasteiger partial charge in [-0.05, 0) is 30.3 Å². The first-order chi connectivity index (χ1) is 12.0. The molecular formula is C17H12ClN3O3S. The number of fused-ring (bicyclic) bond motifs is 1. The number of nitro groups is 1. The molecule has 3 rings (SSSR count). The third-order valence-corrected chi connectivity index (χ3v) is 4.75. The molecule has 1 aromatic heterocycles. The maximum atomic E-state index is 12.4. The molecule has 0 bridgehead atoms. The van der Waals surface area contributed by atoms with Crippen LogP contribution in [0.15, 0.2) is 60.1 Å². The molecule has 126 valence electrons. The summed E-state index contributed by atoms with van der Waals surface area (Å²) in [5.41, 5.74) is 1.12. The molecule has 0 unspecified atom stereocenters. The maximum Gasteiger partial charge on any atom is 0.279 e. The second-order valence-electron chi connectivity index (χ2n) is 5.12. The fourth-order valence-electron chi connectivity index (χ4n) is 2.32. The van der Waals surface area contributed by atoms with Gasteiger partial charge in [-0.1, -0.05) is 29.0 Å². The van der Waals surface area contributed by atoms with E-state index in [0.717, 1.165) is 10.2 Å². The highest BCUT2D eigenvalue weighted by Gasteiger charge is 2.11. The predicted molar refractivity (Wildman–Crippen MR) is 98.0 cm³/mol. The highest BCUT2D eigenvalue weighted by Crippen LogP contribution is 2.22. The number of thiazole rings is 1. The van der Waals surface area contributed by atoms with E-state index in [4.69, 9.17) is 11.6 Å². The van der Waals surface area contributed by atoms with Crippen molar-refractivity contribution < 1.29 is 9.72 Å². The minimum atomic E-state index is -0.515. The van der Waals surface area contributed by atoms with Crippen LogP contribution in [0.1, 0.15) is 10.4 Å². The monoisotopic (exact) mass is 373 g/mol. The highest BCUT2D eigenvalue weighted by molar-refractivity contribution is 7.16. The van der Waals surface area contributed by atoms with Gasteiger partial charge in [0.2, 0.25) is 0 Å². The Balaban J connectivity index is 2.07. The maximum absolute atomic E-state index is 12.4. The molecule has 6 nitrogen and oxygen atoms in total. The van der Waals surface area contributed by atoms with Gasteiger partial charge in [0, 0.05) is 29.3 Å². The first-order valence-electron chi connectivity index (χ1n) is 7.23. The number of non-ortho nitro benzene ring substituents is 1. The summed E-state index contributed by atoms with van der Waals surface area (Å²) >= 11 is 7.37. The number of rotatable bonds is 4. The predicted octanol–water partition coefficient (Wildman–Crippen LogP) is 4.19. The third kappa shape index (κ3) is 3.52. The number of hydrogen-bond donors (Lipinski definition) is 0. The molecule has 0 radical (unpaired) electrons. The van der Waals surface area contributed by atoms with Gasteiger partial charge in [0.05, 0.1) is 15.1 Å². The van der Waals surface area contributed by atoms with Gasteiger partial charge < -0.3 is 4.57 Å². The van der Waals surface area contributed by atoms with Crippen molar-refractivity contribution in [1.82, 2.24) is 4.57 Å². The van der Waals surface area contributed by atoms with Crippen LogP contribution in [0.25, 0.3) is 10.2 Å². The lowest BCUT2D eigenvalue weighted by atomic mass is 10.2. The van der Waals surface area contributed by atoms with Crippen LogP contribution < -0.4 is 4.80 Å². The van der Waals surface area contributed by atoms with Gasteiger partial charge in [-0.25, -0.2) is 0 Å². The fourth-order valence-corrected chi connectivity index (χ4v) is 3.63. The van der Waals surface area contributed by atoms with Crippen LogP contribution >= 0.6 is 22.9 Å². The van der Waals surface area contributed by atoms with Gasteiger partial charge in [-0.2, -0.15) is 4.99 Å². The highest BCUT2D eigenvalue weighted by atomic mass is 35.5. The van der Waals surface area contributed by atoms with Crippen LogP contribution in [-0.4, -0.2) is 15.4 Å². The Morgan fingerprint density at radius 1 is 1.32 bits per heavy atom. The molecular weight excluding hydrogens is 362 g/mol. The molecule has 0 spiro atoms. The number of carbonyl (C=O) groups excluding carboxylic acids is 1. The Hall–Kier alpha value is -2.77. The van der Waals surface area contributed by atoms with E-state index >= 15 is 0 Å². The van der Waals surface area contributed by atoms with E-state index in [1.54, 1.807) is 12.1 Å². The summed E-state index contributed by atoms with van der Waals surface area (Å²) in [6.07, 6.45) is 1.72. The van der Waals surface area contributed by atoms with E-state index < -0.39 is 10.8 Å². The Morgan fingerprint density at radius 2 is 2.04 bits per heavy atom. The molecule has 25 heavy (non-hydrogen) atoms. The summed E-state index contributed by atoms with van der Waals surface area (Å²) in [5.74, 6) is -0.467. The molecule has 0 fully saturated rings. The molecule has 0 saturated carbocycles. The Kier molecular flexibility index (Phi) is 4.78. The number of allylic oxidation sites excluding steroid dienone is 1. The first kappa shape index (κ1) is 17.1. The van der Waals surface area contributed by atoms with Gasteiger partial charge in [0.1, 0.15) is 0 Å². The zero-order valence-electron chi connectivity index (χ0n) is 12.9. The van der Waals surface area contributed by atoms with Crippen molar-refractivity contribution in [2.75, 3.05) is 0 Å². The van der Waals surface area contributed by atoms with Crippen molar-refractivity contribution >= 4 is 44.7 Å². The van der Waals surface area contributed by atoms with Crippen molar-refractivity contribution in [1.29, 1.82) is 0 Å². The lowest BCUT2D eigenvalue weighted by Crippen LogP contribution is -2.16. The number of halogens is 1. The molecule has 1 heterocycles. The van der Waals surface area contributed by atoms with Crippen molar-refractivity contribution in [3.05, 3.63) is 80.6 Å². The fraction of sp³-hybridized carbons (Fsp3) is 0.0588. The number of benzene rings is 2. The molecule has 0 aliphatic rings. The van der Waals surface area contributed by atoms with E-state index in [1.807, 2.05) is 16.7 Å². The average Bonchev–Trinajstić information content (AvgIpc) is 2.91. The van der Waals surface area contributed by atoms with Crippen molar-refractivity contribution in [3.63, 3.8) is 0 Å². The molecule has 0 aliphatic heterocycles. The van der Waals surface area contributed by atoms with E-state index in [9.17, 15) is 14.9 Å². The summed E-state index contributed by atoms with van der Waals surface area (Å²) in [4.78, 5) is 27.3. The third-order valence-electron chi connectivity index (χ3n) is 3.48. The number of hydrogen-bond acceptors (Lipinski definition) is 4. The minimum Gasteiger partial charge on any atom is -0.312 e. The number of nitrogens with zero attached hydrogens (tertiary/aromatic N) is 3. The van der Waals surface area contributed by atoms with Crippen LogP contribution in [0.4, 0.5) is 5.69 Å². The van der Waals surface area contributed by atoms with E-state index in [-0.39, 0.29) is 11.3 Å². The van der Waals surface area contributed by atoms with E-state index in [2.05, 4.69) is 11.6 Å². The van der Waals surface area contributed by atoms with E-state index in [0.29, 0.717) is 16.4 Å². The minimum absolute atomic E-state index is 0.0743. The van der Waals surface area contributed by atoms with Crippen molar-refractivity contribution in [2.24, 2.45) is 4.99 Å². The molecule has 0 saturated heterocycles. The van der Waals surface area contributed by atoms with Crippen LogP contribution in [0.3, 0.4) is 0 Å². The summed E-state index contributed by atoms with van der Waals surface area (Å²) in [5, 5.41) is 11.3. The number of nitro benzene ring substituents is 1. The standard InChI is InChI=1S/C17H12ClN3O3S/c1-2-9-20-14-8-5-12(18)10-15(14)25-17(20)19-16(22)11-3-6-13(7-4-11)21(23)24/h2-8,10H,1,9H2. The molecule has 1 amide bonds. The van der Waals surface area contributed by atoms with Gasteiger partial charge in [-0.15, -0.1) is 6.58 Å². The van der Waals surface area contributed by atoms with Gasteiger partial charge in [0.15, 0.2) is 4.80 Å². The Labute approximate surface area is 151 Å². The second kappa shape index (κ2) is 7.00. The lowest BCUT2D eigenvalue weighted by molar-refractivity contribution is -0.384. The quantitative estimate of drug-likeness (QED) is 0.391. The molecule has 2 aromatic carbocycles. The van der Waals surface area contributed by atoms with Crippen molar-refractivity contribution in [3.8, 4) is 0 Å². The van der Waals surface area contributed by atoms with Crippen LogP contribution in [0.5, 0.6) is 0 Å². The number of aromatic nitrogens is 1. The van der Waals surface area contributed by atoms with Crippen LogP contribution in [0.2, 0.25) is 5.02 Å². The molecule has 8 heteroatoms. The van der Waals surface area contributed by atoms with Gasteiger partial charge >= 0.3 is 0 Å². The molecule has 0 atom stereocenters. The largest absolute Gasteiger partial charge is 0.312 e. The summed E-state index contributed by atoms with van der Waals surface area (Å²) in [6, 6.07) is 10.8. The van der Waals surface area contributed by atoms with Crippen LogP contribution in [-0.2, 0) is 6.54 Å². The van der Waals surface area contributed by atoms with Crippen molar-refractivity contribution in [2.45, 2.75) is 6.54 Å². The molecule has 0 aliphatic carbocycles. The summed E-state index contributed by atoms with van der Waals surface area (Å²) < 4.78 is 2.77.